The van der Waals surface area contributed by atoms with Gasteiger partial charge in [-0.25, -0.2) is 9.07 Å². The maximum atomic E-state index is 13.6. The lowest BCUT2D eigenvalue weighted by molar-refractivity contribution is 0.419. The van der Waals surface area contributed by atoms with E-state index in [0.717, 1.165) is 34.6 Å². The predicted molar refractivity (Wildman–Crippen MR) is 114 cm³/mol. The van der Waals surface area contributed by atoms with Gasteiger partial charge in [-0.3, -0.25) is 0 Å². The van der Waals surface area contributed by atoms with Crippen molar-refractivity contribution in [2.24, 2.45) is 0 Å². The van der Waals surface area contributed by atoms with Gasteiger partial charge in [0.15, 0.2) is 0 Å². The van der Waals surface area contributed by atoms with Gasteiger partial charge in [0.25, 0.3) is 0 Å². The van der Waals surface area contributed by atoms with Crippen molar-refractivity contribution in [1.82, 2.24) is 15.1 Å². The minimum atomic E-state index is -0.267. The molecule has 0 saturated carbocycles. The molecular formula is C24H24FN3O. The molecule has 1 atom stereocenters. The number of rotatable bonds is 6. The molecule has 0 aliphatic carbocycles. The van der Waals surface area contributed by atoms with Gasteiger partial charge in [0.2, 0.25) is 0 Å². The number of methoxy groups -OCH3 is 1. The highest BCUT2D eigenvalue weighted by molar-refractivity contribution is 5.91. The van der Waals surface area contributed by atoms with Gasteiger partial charge in [0, 0.05) is 29.2 Å². The first-order chi connectivity index (χ1) is 14.1. The van der Waals surface area contributed by atoms with Crippen LogP contribution in [0, 0.1) is 12.7 Å². The summed E-state index contributed by atoms with van der Waals surface area (Å²) < 4.78 is 20.8. The smallest absolute Gasteiger partial charge is 0.126 e. The van der Waals surface area contributed by atoms with Crippen molar-refractivity contribution in [3.05, 3.63) is 89.5 Å². The van der Waals surface area contributed by atoms with E-state index in [-0.39, 0.29) is 11.9 Å². The Morgan fingerprint density at radius 3 is 2.62 bits per heavy atom. The lowest BCUT2D eigenvalue weighted by atomic mass is 10.0. The van der Waals surface area contributed by atoms with E-state index in [1.54, 1.807) is 17.9 Å². The number of hydrogen-bond donors (Lipinski definition) is 1. The zero-order valence-electron chi connectivity index (χ0n) is 16.8. The lowest BCUT2D eigenvalue weighted by Gasteiger charge is -2.16. The number of nitrogens with zero attached hydrogens (tertiary/aromatic N) is 2. The highest BCUT2D eigenvalue weighted by Crippen LogP contribution is 2.29. The summed E-state index contributed by atoms with van der Waals surface area (Å²) in [6.07, 6.45) is 1.85. The molecule has 0 spiro atoms. The largest absolute Gasteiger partial charge is 0.496 e. The Bertz CT molecular complexity index is 1150. The Morgan fingerprint density at radius 2 is 1.86 bits per heavy atom. The van der Waals surface area contributed by atoms with Crippen LogP contribution in [0.25, 0.3) is 16.5 Å². The minimum Gasteiger partial charge on any atom is -0.496 e. The number of benzene rings is 3. The average Bonchev–Trinajstić information content (AvgIpc) is 3.13. The van der Waals surface area contributed by atoms with Gasteiger partial charge in [-0.05, 0) is 49.1 Å². The van der Waals surface area contributed by atoms with Gasteiger partial charge in [-0.2, -0.15) is 5.10 Å². The third kappa shape index (κ3) is 3.74. The second-order valence-electron chi connectivity index (χ2n) is 7.15. The van der Waals surface area contributed by atoms with Gasteiger partial charge in [-0.15, -0.1) is 0 Å². The molecular weight excluding hydrogens is 365 g/mol. The van der Waals surface area contributed by atoms with Crippen molar-refractivity contribution >= 4 is 10.8 Å². The summed E-state index contributed by atoms with van der Waals surface area (Å²) >= 11 is 0. The first-order valence-electron chi connectivity index (χ1n) is 9.67. The molecule has 3 aromatic carbocycles. The zero-order chi connectivity index (χ0) is 20.4. The van der Waals surface area contributed by atoms with Crippen molar-refractivity contribution in [3.63, 3.8) is 0 Å². The highest BCUT2D eigenvalue weighted by atomic mass is 19.1. The van der Waals surface area contributed by atoms with Crippen LogP contribution in [0.15, 0.2) is 66.9 Å². The number of nitrogens with one attached hydrogen (secondary N) is 1. The molecule has 0 bridgehead atoms. The molecule has 0 amide bonds. The maximum absolute atomic E-state index is 13.6. The van der Waals surface area contributed by atoms with Gasteiger partial charge in [0.1, 0.15) is 11.6 Å². The zero-order valence-corrected chi connectivity index (χ0v) is 16.8. The Morgan fingerprint density at radius 1 is 1.07 bits per heavy atom. The van der Waals surface area contributed by atoms with Crippen LogP contribution in [0.2, 0.25) is 0 Å². The van der Waals surface area contributed by atoms with Gasteiger partial charge in [-0.1, -0.05) is 36.4 Å². The molecule has 4 aromatic rings. The fraction of sp³-hybridized carbons (Fsp3) is 0.208. The van der Waals surface area contributed by atoms with E-state index >= 15 is 0 Å². The normalized spacial score (nSPS) is 12.3. The molecule has 5 heteroatoms. The molecule has 1 heterocycles. The van der Waals surface area contributed by atoms with Crippen molar-refractivity contribution in [2.45, 2.75) is 26.4 Å². The third-order valence-electron chi connectivity index (χ3n) is 5.36. The summed E-state index contributed by atoms with van der Waals surface area (Å²) in [7, 11) is 1.70. The van der Waals surface area contributed by atoms with Crippen molar-refractivity contribution in [2.75, 3.05) is 7.11 Å². The first kappa shape index (κ1) is 19.2. The van der Waals surface area contributed by atoms with Crippen molar-refractivity contribution in [3.8, 4) is 11.4 Å². The Balaban J connectivity index is 1.56. The monoisotopic (exact) mass is 389 g/mol. The van der Waals surface area contributed by atoms with E-state index in [1.165, 1.54) is 23.1 Å². The highest BCUT2D eigenvalue weighted by Gasteiger charge is 2.15. The van der Waals surface area contributed by atoms with Crippen molar-refractivity contribution in [1.29, 1.82) is 0 Å². The number of aromatic nitrogens is 2. The number of halogens is 1. The predicted octanol–water partition coefficient (Wildman–Crippen LogP) is 5.33. The molecule has 0 fully saturated rings. The number of fused-ring (bicyclic) bond motifs is 1. The molecule has 4 rings (SSSR count). The summed E-state index contributed by atoms with van der Waals surface area (Å²) in [5, 5.41) is 10.4. The lowest BCUT2D eigenvalue weighted by Crippen LogP contribution is -2.19. The molecule has 1 N–H and O–H groups in total. The molecule has 148 valence electrons. The van der Waals surface area contributed by atoms with Gasteiger partial charge < -0.3 is 10.1 Å². The fourth-order valence-electron chi connectivity index (χ4n) is 3.75. The van der Waals surface area contributed by atoms with Crippen molar-refractivity contribution < 1.29 is 9.13 Å². The first-order valence-corrected chi connectivity index (χ1v) is 9.67. The summed E-state index contributed by atoms with van der Waals surface area (Å²) in [4.78, 5) is 0. The van der Waals surface area contributed by atoms with E-state index in [0.29, 0.717) is 0 Å². The van der Waals surface area contributed by atoms with Crippen LogP contribution >= 0.6 is 0 Å². The average molecular weight is 389 g/mol. The molecule has 1 aromatic heterocycles. The summed E-state index contributed by atoms with van der Waals surface area (Å²) in [5.41, 5.74) is 4.02. The molecule has 0 aliphatic heterocycles. The molecule has 0 saturated heterocycles. The van der Waals surface area contributed by atoms with Crippen LogP contribution in [0.4, 0.5) is 4.39 Å². The van der Waals surface area contributed by atoms with Crippen LogP contribution < -0.4 is 10.1 Å². The number of ether oxygens (including phenoxy) is 1. The Labute approximate surface area is 169 Å². The molecule has 0 aliphatic rings. The standard InChI is InChI=1S/C24H24FN3O/c1-16(23-15-27-28(17(23)2)20-8-6-7-19(25)13-20)26-14-18-11-12-24(29-3)22-10-5-4-9-21(18)22/h4-13,15-16,26H,14H2,1-3H3. The quantitative estimate of drug-likeness (QED) is 0.484. The van der Waals surface area contributed by atoms with Crippen LogP contribution in [0.1, 0.15) is 29.8 Å². The summed E-state index contributed by atoms with van der Waals surface area (Å²) in [6, 6.07) is 18.9. The topological polar surface area (TPSA) is 39.1 Å². The molecule has 4 nitrogen and oxygen atoms in total. The van der Waals surface area contributed by atoms with Crippen LogP contribution in [0.3, 0.4) is 0 Å². The molecule has 0 radical (unpaired) electrons. The summed E-state index contributed by atoms with van der Waals surface area (Å²) in [6.45, 7) is 4.84. The van der Waals surface area contributed by atoms with E-state index in [2.05, 4.69) is 35.5 Å². The fourth-order valence-corrected chi connectivity index (χ4v) is 3.75. The van der Waals surface area contributed by atoms with Crippen LogP contribution in [0.5, 0.6) is 5.75 Å². The maximum Gasteiger partial charge on any atom is 0.126 e. The Kier molecular flexibility index (Phi) is 5.32. The summed E-state index contributed by atoms with van der Waals surface area (Å²) in [5.74, 6) is 0.612. The Hall–Kier alpha value is -3.18. The van der Waals surface area contributed by atoms with E-state index in [1.807, 2.05) is 37.4 Å². The minimum absolute atomic E-state index is 0.0955. The number of hydrogen-bond acceptors (Lipinski definition) is 3. The SMILES string of the molecule is COc1ccc(CNC(C)c2cnn(-c3cccc(F)c3)c2C)c2ccccc12. The van der Waals surface area contributed by atoms with E-state index in [4.69, 9.17) is 4.74 Å². The van der Waals surface area contributed by atoms with Crippen LogP contribution in [-0.4, -0.2) is 16.9 Å². The van der Waals surface area contributed by atoms with Gasteiger partial charge in [0.05, 0.1) is 19.0 Å². The third-order valence-corrected chi connectivity index (χ3v) is 5.36. The molecule has 29 heavy (non-hydrogen) atoms. The van der Waals surface area contributed by atoms with Crippen LogP contribution in [-0.2, 0) is 6.54 Å². The molecule has 1 unspecified atom stereocenters. The second kappa shape index (κ2) is 8.05. The van der Waals surface area contributed by atoms with Gasteiger partial charge >= 0.3 is 0 Å². The van der Waals surface area contributed by atoms with E-state index < -0.39 is 0 Å². The second-order valence-corrected chi connectivity index (χ2v) is 7.15. The van der Waals surface area contributed by atoms with E-state index in [9.17, 15) is 4.39 Å².